The molecule has 0 aliphatic rings. The number of carboxylic acid groups (broad SMARTS) is 1. The van der Waals surface area contributed by atoms with Crippen LogP contribution in [0.5, 0.6) is 5.75 Å². The normalized spacial score (nSPS) is 10.3. The van der Waals surface area contributed by atoms with Gasteiger partial charge in [0.1, 0.15) is 17.3 Å². The topological polar surface area (TPSA) is 88.8 Å². The molecule has 122 valence electrons. The zero-order valence-corrected chi connectivity index (χ0v) is 12.3. The van der Waals surface area contributed by atoms with Crippen molar-refractivity contribution < 1.29 is 28.2 Å². The first-order valence-corrected chi connectivity index (χ1v) is 7.01. The van der Waals surface area contributed by atoms with Gasteiger partial charge in [0.15, 0.2) is 0 Å². The molecule has 0 spiro atoms. The van der Waals surface area contributed by atoms with Gasteiger partial charge in [0.25, 0.3) is 0 Å². The Balaban J connectivity index is 1.63. The van der Waals surface area contributed by atoms with E-state index in [2.05, 4.69) is 5.32 Å². The van der Waals surface area contributed by atoms with Crippen LogP contribution in [-0.2, 0) is 11.3 Å². The highest BCUT2D eigenvalue weighted by Crippen LogP contribution is 2.11. The van der Waals surface area contributed by atoms with Crippen LogP contribution in [0.1, 0.15) is 29.2 Å². The standard InChI is InChI=1S/C16H16FNO5/c17-11-3-5-12(6-4-11)22-9-1-2-15(19)18-10-13-7-8-14(23-13)16(20)21/h3-8H,1-2,9-10H2,(H,18,19)(H,20,21). The molecule has 0 bridgehead atoms. The van der Waals surface area contributed by atoms with Gasteiger partial charge in [0.05, 0.1) is 13.2 Å². The van der Waals surface area contributed by atoms with Crippen LogP contribution in [0.3, 0.4) is 0 Å². The summed E-state index contributed by atoms with van der Waals surface area (Å²) in [5.41, 5.74) is 0. The van der Waals surface area contributed by atoms with Gasteiger partial charge in [-0.3, -0.25) is 4.79 Å². The SMILES string of the molecule is O=C(CCCOc1ccc(F)cc1)NCc1ccc(C(=O)O)o1. The molecule has 2 N–H and O–H groups in total. The van der Waals surface area contributed by atoms with Gasteiger partial charge in [-0.2, -0.15) is 0 Å². The molecule has 1 aromatic carbocycles. The Labute approximate surface area is 131 Å². The van der Waals surface area contributed by atoms with E-state index in [9.17, 15) is 14.0 Å². The highest BCUT2D eigenvalue weighted by atomic mass is 19.1. The van der Waals surface area contributed by atoms with E-state index in [1.807, 2.05) is 0 Å². The lowest BCUT2D eigenvalue weighted by atomic mass is 10.3. The maximum absolute atomic E-state index is 12.7. The Morgan fingerprint density at radius 3 is 2.57 bits per heavy atom. The van der Waals surface area contributed by atoms with E-state index in [-0.39, 0.29) is 30.5 Å². The van der Waals surface area contributed by atoms with Gasteiger partial charge >= 0.3 is 5.97 Å². The third kappa shape index (κ3) is 5.46. The Morgan fingerprint density at radius 1 is 1.17 bits per heavy atom. The molecule has 7 heteroatoms. The number of carboxylic acids is 1. The molecule has 1 heterocycles. The van der Waals surface area contributed by atoms with Crippen molar-refractivity contribution in [1.29, 1.82) is 0 Å². The Morgan fingerprint density at radius 2 is 1.91 bits per heavy atom. The van der Waals surface area contributed by atoms with Crippen LogP contribution in [0, 0.1) is 5.82 Å². The minimum absolute atomic E-state index is 0.130. The van der Waals surface area contributed by atoms with E-state index in [0.717, 1.165) is 0 Å². The van der Waals surface area contributed by atoms with Crippen molar-refractivity contribution in [3.63, 3.8) is 0 Å². The predicted molar refractivity (Wildman–Crippen MR) is 78.6 cm³/mol. The number of aromatic carboxylic acids is 1. The summed E-state index contributed by atoms with van der Waals surface area (Å²) in [6.45, 7) is 0.466. The number of hydrogen-bond donors (Lipinski definition) is 2. The summed E-state index contributed by atoms with van der Waals surface area (Å²) in [6, 6.07) is 8.48. The van der Waals surface area contributed by atoms with Gasteiger partial charge in [0, 0.05) is 6.42 Å². The summed E-state index contributed by atoms with van der Waals surface area (Å²) in [5.74, 6) is -0.925. The number of nitrogens with one attached hydrogen (secondary N) is 1. The third-order valence-corrected chi connectivity index (χ3v) is 2.96. The molecule has 2 aromatic rings. The first-order chi connectivity index (χ1) is 11.0. The number of amides is 1. The van der Waals surface area contributed by atoms with Crippen molar-refractivity contribution in [2.24, 2.45) is 0 Å². The second-order valence-corrected chi connectivity index (χ2v) is 4.75. The second-order valence-electron chi connectivity index (χ2n) is 4.75. The molecular weight excluding hydrogens is 305 g/mol. The zero-order chi connectivity index (χ0) is 16.7. The van der Waals surface area contributed by atoms with Crippen LogP contribution in [-0.4, -0.2) is 23.6 Å². The van der Waals surface area contributed by atoms with Crippen molar-refractivity contribution >= 4 is 11.9 Å². The molecule has 1 amide bonds. The van der Waals surface area contributed by atoms with Crippen LogP contribution < -0.4 is 10.1 Å². The quantitative estimate of drug-likeness (QED) is 0.730. The van der Waals surface area contributed by atoms with Gasteiger partial charge in [-0.25, -0.2) is 9.18 Å². The molecule has 0 aliphatic carbocycles. The Kier molecular flexibility index (Phi) is 5.74. The van der Waals surface area contributed by atoms with Gasteiger partial charge in [-0.15, -0.1) is 0 Å². The lowest BCUT2D eigenvalue weighted by Crippen LogP contribution is -2.22. The minimum atomic E-state index is -1.15. The van der Waals surface area contributed by atoms with Crippen LogP contribution in [0.4, 0.5) is 4.39 Å². The van der Waals surface area contributed by atoms with Crippen molar-refractivity contribution in [1.82, 2.24) is 5.32 Å². The maximum Gasteiger partial charge on any atom is 0.371 e. The van der Waals surface area contributed by atoms with E-state index < -0.39 is 5.97 Å². The molecule has 2 rings (SSSR count). The van der Waals surface area contributed by atoms with E-state index in [4.69, 9.17) is 14.3 Å². The molecule has 1 aromatic heterocycles. The van der Waals surface area contributed by atoms with E-state index in [1.54, 1.807) is 0 Å². The van der Waals surface area contributed by atoms with Crippen molar-refractivity contribution in [3.8, 4) is 5.75 Å². The smallest absolute Gasteiger partial charge is 0.371 e. The molecule has 6 nitrogen and oxygen atoms in total. The van der Waals surface area contributed by atoms with E-state index >= 15 is 0 Å². The molecule has 0 saturated heterocycles. The fourth-order valence-corrected chi connectivity index (χ4v) is 1.82. The zero-order valence-electron chi connectivity index (χ0n) is 12.3. The highest BCUT2D eigenvalue weighted by Gasteiger charge is 2.09. The number of halogens is 1. The number of rotatable bonds is 8. The number of hydrogen-bond acceptors (Lipinski definition) is 4. The van der Waals surface area contributed by atoms with Crippen LogP contribution in [0.2, 0.25) is 0 Å². The van der Waals surface area contributed by atoms with Crippen LogP contribution in [0.25, 0.3) is 0 Å². The van der Waals surface area contributed by atoms with Crippen molar-refractivity contribution in [2.75, 3.05) is 6.61 Å². The fraction of sp³-hybridized carbons (Fsp3) is 0.250. The average Bonchev–Trinajstić information content (AvgIpc) is 3.00. The summed E-state index contributed by atoms with van der Waals surface area (Å²) < 4.78 is 23.1. The first-order valence-electron chi connectivity index (χ1n) is 7.01. The van der Waals surface area contributed by atoms with Gasteiger partial charge in [0.2, 0.25) is 11.7 Å². The molecule has 0 unspecified atom stereocenters. The molecule has 0 atom stereocenters. The molecular formula is C16H16FNO5. The monoisotopic (exact) mass is 321 g/mol. The number of benzene rings is 1. The fourth-order valence-electron chi connectivity index (χ4n) is 1.82. The summed E-state index contributed by atoms with van der Waals surface area (Å²) in [4.78, 5) is 22.3. The lowest BCUT2D eigenvalue weighted by Gasteiger charge is -2.06. The molecule has 0 fully saturated rings. The lowest BCUT2D eigenvalue weighted by molar-refractivity contribution is -0.121. The number of furan rings is 1. The molecule has 0 radical (unpaired) electrons. The molecule has 23 heavy (non-hydrogen) atoms. The summed E-state index contributed by atoms with van der Waals surface area (Å²) in [7, 11) is 0. The first kappa shape index (κ1) is 16.5. The highest BCUT2D eigenvalue weighted by molar-refractivity contribution is 5.84. The Bertz CT molecular complexity index is 665. The number of ether oxygens (including phenoxy) is 1. The van der Waals surface area contributed by atoms with Gasteiger partial charge in [-0.05, 0) is 42.8 Å². The molecule has 0 aliphatic heterocycles. The predicted octanol–water partition coefficient (Wildman–Crippen LogP) is 2.59. The Hall–Kier alpha value is -2.83. The van der Waals surface area contributed by atoms with Crippen LogP contribution in [0.15, 0.2) is 40.8 Å². The van der Waals surface area contributed by atoms with E-state index in [1.165, 1.54) is 36.4 Å². The largest absolute Gasteiger partial charge is 0.494 e. The average molecular weight is 321 g/mol. The summed E-state index contributed by atoms with van der Waals surface area (Å²) >= 11 is 0. The second kappa shape index (κ2) is 7.98. The van der Waals surface area contributed by atoms with Gasteiger partial charge < -0.3 is 19.6 Å². The third-order valence-electron chi connectivity index (χ3n) is 2.96. The minimum Gasteiger partial charge on any atom is -0.494 e. The molecule has 0 saturated carbocycles. The van der Waals surface area contributed by atoms with Gasteiger partial charge in [-0.1, -0.05) is 0 Å². The van der Waals surface area contributed by atoms with Crippen molar-refractivity contribution in [3.05, 3.63) is 53.7 Å². The maximum atomic E-state index is 12.7. The van der Waals surface area contributed by atoms with Crippen molar-refractivity contribution in [2.45, 2.75) is 19.4 Å². The van der Waals surface area contributed by atoms with E-state index in [0.29, 0.717) is 24.5 Å². The number of carbonyl (C=O) groups excluding carboxylic acids is 1. The van der Waals surface area contributed by atoms with Crippen LogP contribution >= 0.6 is 0 Å². The summed E-state index contributed by atoms with van der Waals surface area (Å²) in [6.07, 6.45) is 0.759. The number of carbonyl (C=O) groups is 2. The summed E-state index contributed by atoms with van der Waals surface area (Å²) in [5, 5.41) is 11.3.